The summed E-state index contributed by atoms with van der Waals surface area (Å²) in [6.45, 7) is 0. The Morgan fingerprint density at radius 1 is 1.25 bits per heavy atom. The molecule has 3 rings (SSSR count). The molecule has 2 aliphatic carbocycles. The summed E-state index contributed by atoms with van der Waals surface area (Å²) in [5.41, 5.74) is 1.21. The second kappa shape index (κ2) is 5.74. The molecule has 2 saturated carbocycles. The van der Waals surface area contributed by atoms with Crippen molar-refractivity contribution in [2.75, 3.05) is 14.2 Å². The van der Waals surface area contributed by atoms with E-state index < -0.39 is 0 Å². The van der Waals surface area contributed by atoms with Crippen LogP contribution in [0.3, 0.4) is 0 Å². The van der Waals surface area contributed by atoms with Crippen molar-refractivity contribution >= 4 is 0 Å². The van der Waals surface area contributed by atoms with Crippen LogP contribution in [0.15, 0.2) is 24.3 Å². The van der Waals surface area contributed by atoms with E-state index in [0.717, 1.165) is 18.6 Å². The first-order chi connectivity index (χ1) is 9.77. The van der Waals surface area contributed by atoms with E-state index in [9.17, 15) is 0 Å². The minimum absolute atomic E-state index is 0.0625. The first-order valence-electron chi connectivity index (χ1n) is 7.76. The van der Waals surface area contributed by atoms with Crippen molar-refractivity contribution in [1.29, 1.82) is 0 Å². The number of rotatable bonds is 6. The minimum Gasteiger partial charge on any atom is -0.490 e. The summed E-state index contributed by atoms with van der Waals surface area (Å²) in [4.78, 5) is 0. The van der Waals surface area contributed by atoms with Gasteiger partial charge in [-0.25, -0.2) is 0 Å². The molecule has 0 spiro atoms. The van der Waals surface area contributed by atoms with E-state index in [1.54, 1.807) is 0 Å². The third-order valence-corrected chi connectivity index (χ3v) is 4.69. The predicted molar refractivity (Wildman–Crippen MR) is 80.1 cm³/mol. The summed E-state index contributed by atoms with van der Waals surface area (Å²) in [7, 11) is 3.87. The molecule has 0 bridgehead atoms. The zero-order chi connectivity index (χ0) is 14.0. The summed E-state index contributed by atoms with van der Waals surface area (Å²) in [5, 5.41) is 3.47. The van der Waals surface area contributed by atoms with Crippen LogP contribution in [0.1, 0.15) is 50.1 Å². The second-order valence-electron chi connectivity index (χ2n) is 6.09. The Labute approximate surface area is 121 Å². The lowest BCUT2D eigenvalue weighted by Crippen LogP contribution is -2.42. The maximum Gasteiger partial charge on any atom is 0.120 e. The van der Waals surface area contributed by atoms with Crippen molar-refractivity contribution in [1.82, 2.24) is 5.32 Å². The summed E-state index contributed by atoms with van der Waals surface area (Å²) >= 11 is 0. The molecule has 0 aliphatic heterocycles. The molecule has 2 aliphatic rings. The van der Waals surface area contributed by atoms with Crippen molar-refractivity contribution in [3.05, 3.63) is 29.8 Å². The first kappa shape index (κ1) is 13.9. The second-order valence-corrected chi connectivity index (χ2v) is 6.09. The Morgan fingerprint density at radius 2 is 2.00 bits per heavy atom. The molecular formula is C17H25NO2. The number of ether oxygens (including phenoxy) is 2. The van der Waals surface area contributed by atoms with Crippen molar-refractivity contribution in [3.63, 3.8) is 0 Å². The molecule has 3 nitrogen and oxygen atoms in total. The highest BCUT2D eigenvalue weighted by Gasteiger charge is 2.41. The molecular weight excluding hydrogens is 250 g/mol. The molecule has 1 N–H and O–H groups in total. The zero-order valence-electron chi connectivity index (χ0n) is 12.5. The lowest BCUT2D eigenvalue weighted by Gasteiger charge is -2.36. The molecule has 1 aromatic carbocycles. The summed E-state index contributed by atoms with van der Waals surface area (Å²) < 4.78 is 11.9. The number of hydrogen-bond acceptors (Lipinski definition) is 3. The Bertz CT molecular complexity index is 450. The van der Waals surface area contributed by atoms with Crippen LogP contribution in [0.2, 0.25) is 0 Å². The van der Waals surface area contributed by atoms with Gasteiger partial charge in [0.05, 0.1) is 17.7 Å². The number of hydrogen-bond donors (Lipinski definition) is 1. The van der Waals surface area contributed by atoms with Gasteiger partial charge in [0.1, 0.15) is 5.75 Å². The maximum absolute atomic E-state index is 5.94. The minimum atomic E-state index is -0.0625. The Balaban J connectivity index is 1.84. The van der Waals surface area contributed by atoms with Crippen molar-refractivity contribution < 1.29 is 9.47 Å². The molecule has 0 radical (unpaired) electrons. The van der Waals surface area contributed by atoms with Gasteiger partial charge in [-0.2, -0.15) is 0 Å². The number of methoxy groups -OCH3 is 1. The normalized spacial score (nSPS) is 22.7. The monoisotopic (exact) mass is 275 g/mol. The SMILES string of the molecule is CNC(c1cccc(OC2CC2)c1)C1(OC)CCCC1. The van der Waals surface area contributed by atoms with Crippen molar-refractivity contribution in [3.8, 4) is 5.75 Å². The van der Waals surface area contributed by atoms with Crippen LogP contribution in [-0.2, 0) is 4.74 Å². The van der Waals surface area contributed by atoms with E-state index in [2.05, 4.69) is 29.6 Å². The van der Waals surface area contributed by atoms with Gasteiger partial charge in [0, 0.05) is 7.11 Å². The molecule has 3 heteroatoms. The molecule has 1 aromatic rings. The highest BCUT2D eigenvalue weighted by atomic mass is 16.5. The number of nitrogens with one attached hydrogen (secondary N) is 1. The average Bonchev–Trinajstić information content (AvgIpc) is 3.15. The van der Waals surface area contributed by atoms with Gasteiger partial charge in [-0.1, -0.05) is 25.0 Å². The average molecular weight is 275 g/mol. The Kier molecular flexibility index (Phi) is 3.99. The first-order valence-corrected chi connectivity index (χ1v) is 7.76. The molecule has 0 amide bonds. The van der Waals surface area contributed by atoms with Gasteiger partial charge in [-0.3, -0.25) is 0 Å². The van der Waals surface area contributed by atoms with E-state index in [0.29, 0.717) is 6.10 Å². The molecule has 110 valence electrons. The lowest BCUT2D eigenvalue weighted by atomic mass is 9.86. The van der Waals surface area contributed by atoms with Crippen LogP contribution in [-0.4, -0.2) is 25.9 Å². The predicted octanol–water partition coefficient (Wildman–Crippen LogP) is 3.45. The van der Waals surface area contributed by atoms with Crippen LogP contribution >= 0.6 is 0 Å². The lowest BCUT2D eigenvalue weighted by molar-refractivity contribution is -0.0349. The van der Waals surface area contributed by atoms with Gasteiger partial charge in [0.15, 0.2) is 0 Å². The highest BCUT2D eigenvalue weighted by Crippen LogP contribution is 2.43. The van der Waals surface area contributed by atoms with Crippen LogP contribution in [0.25, 0.3) is 0 Å². The zero-order valence-corrected chi connectivity index (χ0v) is 12.5. The van der Waals surface area contributed by atoms with E-state index in [-0.39, 0.29) is 11.6 Å². The topological polar surface area (TPSA) is 30.5 Å². The smallest absolute Gasteiger partial charge is 0.120 e. The molecule has 0 aromatic heterocycles. The largest absolute Gasteiger partial charge is 0.490 e. The molecule has 20 heavy (non-hydrogen) atoms. The molecule has 0 saturated heterocycles. The fourth-order valence-corrected chi connectivity index (χ4v) is 3.46. The number of likely N-dealkylation sites (N-methyl/N-ethyl adjacent to an activating group) is 1. The fraction of sp³-hybridized carbons (Fsp3) is 0.647. The van der Waals surface area contributed by atoms with Crippen LogP contribution < -0.4 is 10.1 Å². The third kappa shape index (κ3) is 2.70. The third-order valence-electron chi connectivity index (χ3n) is 4.69. The van der Waals surface area contributed by atoms with E-state index >= 15 is 0 Å². The molecule has 2 fully saturated rings. The molecule has 1 atom stereocenters. The van der Waals surface area contributed by atoms with Crippen LogP contribution in [0, 0.1) is 0 Å². The van der Waals surface area contributed by atoms with Crippen molar-refractivity contribution in [2.45, 2.75) is 56.3 Å². The van der Waals surface area contributed by atoms with Crippen molar-refractivity contribution in [2.24, 2.45) is 0 Å². The molecule has 1 unspecified atom stereocenters. The van der Waals surface area contributed by atoms with Crippen LogP contribution in [0.5, 0.6) is 5.75 Å². The van der Waals surface area contributed by atoms with E-state index in [1.165, 1.54) is 31.2 Å². The maximum atomic E-state index is 5.94. The fourth-order valence-electron chi connectivity index (χ4n) is 3.46. The van der Waals surface area contributed by atoms with Gasteiger partial charge in [-0.05, 0) is 50.4 Å². The van der Waals surface area contributed by atoms with Gasteiger partial charge < -0.3 is 14.8 Å². The molecule has 0 heterocycles. The van der Waals surface area contributed by atoms with Gasteiger partial charge in [0.25, 0.3) is 0 Å². The van der Waals surface area contributed by atoms with Gasteiger partial charge in [-0.15, -0.1) is 0 Å². The van der Waals surface area contributed by atoms with E-state index in [4.69, 9.17) is 9.47 Å². The number of benzene rings is 1. The summed E-state index contributed by atoms with van der Waals surface area (Å²) in [6.07, 6.45) is 7.60. The Hall–Kier alpha value is -1.06. The van der Waals surface area contributed by atoms with E-state index in [1.807, 2.05) is 14.2 Å². The Morgan fingerprint density at radius 3 is 2.60 bits per heavy atom. The quantitative estimate of drug-likeness (QED) is 0.862. The highest BCUT2D eigenvalue weighted by molar-refractivity contribution is 5.33. The standard InChI is InChI=1S/C17H25NO2/c1-18-16(17(19-2)10-3-4-11-17)13-6-5-7-15(12-13)20-14-8-9-14/h5-7,12,14,16,18H,3-4,8-11H2,1-2H3. The van der Waals surface area contributed by atoms with Gasteiger partial charge >= 0.3 is 0 Å². The van der Waals surface area contributed by atoms with Crippen LogP contribution in [0.4, 0.5) is 0 Å². The summed E-state index contributed by atoms with van der Waals surface area (Å²) in [6, 6.07) is 8.74. The summed E-state index contributed by atoms with van der Waals surface area (Å²) in [5.74, 6) is 0.995. The van der Waals surface area contributed by atoms with Gasteiger partial charge in [0.2, 0.25) is 0 Å².